The Morgan fingerprint density at radius 1 is 0.952 bits per heavy atom. The topological polar surface area (TPSA) is 81.3 Å². The largest absolute Gasteiger partial charge is 0.550 e. The van der Waals surface area contributed by atoms with Crippen molar-refractivity contribution >= 4 is 17.7 Å². The standard InChI is InChI=1S/C16H16N2O3/c19-15(20)11-14(12-7-3-1-4-8-12)18-16(21)17-13-9-5-2-6-10-13/h1-10,14H,11H2,(H,19,20)(H2,17,18,21)/p-1/t14-/m1/s1. The fraction of sp³-hybridized carbons (Fsp3) is 0.125. The first kappa shape index (κ1) is 14.6. The molecular formula is C16H15N2O3-. The number of hydrogen-bond donors (Lipinski definition) is 2. The van der Waals surface area contributed by atoms with Gasteiger partial charge in [-0.25, -0.2) is 4.79 Å². The molecule has 108 valence electrons. The zero-order valence-electron chi connectivity index (χ0n) is 11.3. The summed E-state index contributed by atoms with van der Waals surface area (Å²) in [4.78, 5) is 22.8. The average molecular weight is 283 g/mol. The van der Waals surface area contributed by atoms with E-state index in [1.54, 1.807) is 48.5 Å². The highest BCUT2D eigenvalue weighted by atomic mass is 16.4. The highest BCUT2D eigenvalue weighted by Gasteiger charge is 2.14. The van der Waals surface area contributed by atoms with Gasteiger partial charge in [0.1, 0.15) is 0 Å². The van der Waals surface area contributed by atoms with Crippen molar-refractivity contribution in [3.8, 4) is 0 Å². The Labute approximate surface area is 122 Å². The molecule has 1 atom stereocenters. The molecule has 5 nitrogen and oxygen atoms in total. The van der Waals surface area contributed by atoms with Crippen molar-refractivity contribution in [2.24, 2.45) is 0 Å². The van der Waals surface area contributed by atoms with Crippen LogP contribution in [0, 0.1) is 0 Å². The van der Waals surface area contributed by atoms with Crippen molar-refractivity contribution in [3.63, 3.8) is 0 Å². The van der Waals surface area contributed by atoms with Gasteiger partial charge in [0, 0.05) is 18.1 Å². The predicted molar refractivity (Wildman–Crippen MR) is 77.4 cm³/mol. The molecule has 0 spiro atoms. The maximum atomic E-state index is 11.9. The summed E-state index contributed by atoms with van der Waals surface area (Å²) < 4.78 is 0. The number of carbonyl (C=O) groups is 2. The lowest BCUT2D eigenvalue weighted by Crippen LogP contribution is -2.36. The number of amides is 2. The van der Waals surface area contributed by atoms with Gasteiger partial charge >= 0.3 is 6.03 Å². The SMILES string of the molecule is O=C([O-])C[C@@H](NC(=O)Nc1ccccc1)c1ccccc1. The van der Waals surface area contributed by atoms with E-state index >= 15 is 0 Å². The fourth-order valence-electron chi connectivity index (χ4n) is 1.95. The molecule has 2 aromatic rings. The van der Waals surface area contributed by atoms with E-state index in [0.29, 0.717) is 11.3 Å². The van der Waals surface area contributed by atoms with Crippen LogP contribution in [-0.2, 0) is 4.79 Å². The van der Waals surface area contributed by atoms with Crippen LogP contribution in [-0.4, -0.2) is 12.0 Å². The number of hydrogen-bond acceptors (Lipinski definition) is 3. The van der Waals surface area contributed by atoms with E-state index in [9.17, 15) is 14.7 Å². The molecule has 2 N–H and O–H groups in total. The third-order valence-electron chi connectivity index (χ3n) is 2.91. The van der Waals surface area contributed by atoms with Crippen molar-refractivity contribution in [2.45, 2.75) is 12.5 Å². The second-order valence-corrected chi connectivity index (χ2v) is 4.50. The molecule has 0 aliphatic heterocycles. The van der Waals surface area contributed by atoms with Crippen molar-refractivity contribution in [1.29, 1.82) is 0 Å². The van der Waals surface area contributed by atoms with E-state index in [1.807, 2.05) is 12.1 Å². The summed E-state index contributed by atoms with van der Waals surface area (Å²) in [6.45, 7) is 0. The van der Waals surface area contributed by atoms with Gasteiger partial charge in [-0.15, -0.1) is 0 Å². The molecular weight excluding hydrogens is 268 g/mol. The lowest BCUT2D eigenvalue weighted by atomic mass is 10.0. The molecule has 2 aromatic carbocycles. The van der Waals surface area contributed by atoms with Crippen LogP contribution in [0.5, 0.6) is 0 Å². The van der Waals surface area contributed by atoms with Crippen LogP contribution >= 0.6 is 0 Å². The van der Waals surface area contributed by atoms with Gasteiger partial charge in [0.25, 0.3) is 0 Å². The molecule has 0 fully saturated rings. The fourth-order valence-corrected chi connectivity index (χ4v) is 1.95. The summed E-state index contributed by atoms with van der Waals surface area (Å²) >= 11 is 0. The van der Waals surface area contributed by atoms with E-state index in [4.69, 9.17) is 0 Å². The van der Waals surface area contributed by atoms with Gasteiger partial charge < -0.3 is 20.5 Å². The third kappa shape index (κ3) is 4.65. The van der Waals surface area contributed by atoms with E-state index < -0.39 is 18.0 Å². The van der Waals surface area contributed by atoms with Crippen LogP contribution in [0.4, 0.5) is 10.5 Å². The van der Waals surface area contributed by atoms with Crippen LogP contribution in [0.2, 0.25) is 0 Å². The quantitative estimate of drug-likeness (QED) is 0.876. The minimum atomic E-state index is -1.22. The van der Waals surface area contributed by atoms with Crippen molar-refractivity contribution in [3.05, 3.63) is 66.2 Å². The molecule has 2 amide bonds. The highest BCUT2D eigenvalue weighted by molar-refractivity contribution is 5.89. The van der Waals surface area contributed by atoms with Gasteiger partial charge in [0.05, 0.1) is 6.04 Å². The monoisotopic (exact) mass is 283 g/mol. The van der Waals surface area contributed by atoms with Crippen molar-refractivity contribution in [2.75, 3.05) is 5.32 Å². The Morgan fingerprint density at radius 2 is 1.52 bits per heavy atom. The molecule has 0 bridgehead atoms. The van der Waals surface area contributed by atoms with Crippen LogP contribution in [0.25, 0.3) is 0 Å². The number of anilines is 1. The summed E-state index contributed by atoms with van der Waals surface area (Å²) in [5.74, 6) is -1.22. The van der Waals surface area contributed by atoms with Gasteiger partial charge in [0.2, 0.25) is 0 Å². The third-order valence-corrected chi connectivity index (χ3v) is 2.91. The summed E-state index contributed by atoms with van der Waals surface area (Å²) in [5.41, 5.74) is 1.35. The molecule has 0 aromatic heterocycles. The Bertz CT molecular complexity index is 599. The summed E-state index contributed by atoms with van der Waals surface area (Å²) in [6.07, 6.45) is -0.285. The number of carbonyl (C=O) groups excluding carboxylic acids is 2. The van der Waals surface area contributed by atoms with E-state index in [0.717, 1.165) is 0 Å². The molecule has 0 saturated carbocycles. The average Bonchev–Trinajstić information content (AvgIpc) is 2.48. The molecule has 0 radical (unpaired) electrons. The number of carboxylic acids is 1. The minimum absolute atomic E-state index is 0.285. The molecule has 21 heavy (non-hydrogen) atoms. The smallest absolute Gasteiger partial charge is 0.319 e. The Balaban J connectivity index is 2.05. The van der Waals surface area contributed by atoms with Crippen LogP contribution < -0.4 is 15.7 Å². The van der Waals surface area contributed by atoms with Gasteiger partial charge in [-0.3, -0.25) is 0 Å². The maximum absolute atomic E-state index is 11.9. The van der Waals surface area contributed by atoms with E-state index in [-0.39, 0.29) is 6.42 Å². The highest BCUT2D eigenvalue weighted by Crippen LogP contribution is 2.16. The number of para-hydroxylation sites is 1. The van der Waals surface area contributed by atoms with Gasteiger partial charge in [-0.05, 0) is 17.7 Å². The van der Waals surface area contributed by atoms with Crippen molar-refractivity contribution < 1.29 is 14.7 Å². The van der Waals surface area contributed by atoms with Crippen LogP contribution in [0.1, 0.15) is 18.0 Å². The number of aliphatic carboxylic acids is 1. The van der Waals surface area contributed by atoms with Gasteiger partial charge in [0.15, 0.2) is 0 Å². The normalized spacial score (nSPS) is 11.4. The molecule has 0 saturated heterocycles. The predicted octanol–water partition coefficient (Wildman–Crippen LogP) is 1.69. The zero-order chi connectivity index (χ0) is 15.1. The van der Waals surface area contributed by atoms with Crippen LogP contribution in [0.3, 0.4) is 0 Å². The summed E-state index contributed by atoms with van der Waals surface area (Å²) in [7, 11) is 0. The number of urea groups is 1. The lowest BCUT2D eigenvalue weighted by Gasteiger charge is -2.20. The molecule has 0 aliphatic carbocycles. The number of rotatable bonds is 5. The molecule has 2 rings (SSSR count). The summed E-state index contributed by atoms with van der Waals surface area (Å²) in [5, 5.41) is 16.1. The van der Waals surface area contributed by atoms with Crippen LogP contribution in [0.15, 0.2) is 60.7 Å². The molecule has 0 aliphatic rings. The zero-order valence-corrected chi connectivity index (χ0v) is 11.3. The molecule has 0 unspecified atom stereocenters. The summed E-state index contributed by atoms with van der Waals surface area (Å²) in [6, 6.07) is 16.7. The van der Waals surface area contributed by atoms with E-state index in [2.05, 4.69) is 10.6 Å². The second kappa shape index (κ2) is 7.09. The lowest BCUT2D eigenvalue weighted by molar-refractivity contribution is -0.306. The first-order valence-electron chi connectivity index (χ1n) is 6.52. The minimum Gasteiger partial charge on any atom is -0.550 e. The maximum Gasteiger partial charge on any atom is 0.319 e. The van der Waals surface area contributed by atoms with Gasteiger partial charge in [-0.2, -0.15) is 0 Å². The number of carboxylic acid groups (broad SMARTS) is 1. The Kier molecular flexibility index (Phi) is 4.93. The first-order chi connectivity index (χ1) is 10.1. The Morgan fingerprint density at radius 3 is 2.10 bits per heavy atom. The molecule has 5 heteroatoms. The Hall–Kier alpha value is -2.82. The first-order valence-corrected chi connectivity index (χ1v) is 6.52. The van der Waals surface area contributed by atoms with E-state index in [1.165, 1.54) is 0 Å². The van der Waals surface area contributed by atoms with Gasteiger partial charge in [-0.1, -0.05) is 48.5 Å². The number of nitrogens with one attached hydrogen (secondary N) is 2. The molecule has 0 heterocycles. The number of benzene rings is 2. The second-order valence-electron chi connectivity index (χ2n) is 4.50. The van der Waals surface area contributed by atoms with Crippen molar-refractivity contribution in [1.82, 2.24) is 5.32 Å².